The van der Waals surface area contributed by atoms with Gasteiger partial charge in [0.1, 0.15) is 18.2 Å². The Morgan fingerprint density at radius 2 is 2.21 bits per heavy atom. The largest absolute Gasteiger partial charge is 0.475 e. The van der Waals surface area contributed by atoms with E-state index >= 15 is 0 Å². The molecular formula is C20H19FN6O2. The number of rotatable bonds is 0. The van der Waals surface area contributed by atoms with E-state index in [1.54, 1.807) is 4.52 Å². The highest BCUT2D eigenvalue weighted by Gasteiger charge is 2.65. The first-order chi connectivity index (χ1) is 14.1. The molecular weight excluding hydrogens is 375 g/mol. The number of ether oxygens (including phenoxy) is 1. The van der Waals surface area contributed by atoms with E-state index in [0.717, 1.165) is 30.8 Å². The van der Waals surface area contributed by atoms with Gasteiger partial charge in [0.2, 0.25) is 5.88 Å². The van der Waals surface area contributed by atoms with Crippen molar-refractivity contribution in [3.63, 3.8) is 0 Å². The third-order valence-corrected chi connectivity index (χ3v) is 6.24. The molecule has 9 heteroatoms. The molecule has 3 atom stereocenters. The monoisotopic (exact) mass is 394 g/mol. The third-order valence-electron chi connectivity index (χ3n) is 6.24. The Labute approximate surface area is 165 Å². The molecule has 5 heterocycles. The lowest BCUT2D eigenvalue weighted by molar-refractivity contribution is 0.0918. The number of nitrogens with zero attached hydrogens (tertiary/aromatic N) is 5. The van der Waals surface area contributed by atoms with E-state index in [0.29, 0.717) is 23.1 Å². The second-order valence-electron chi connectivity index (χ2n) is 8.06. The van der Waals surface area contributed by atoms with Gasteiger partial charge in [0.25, 0.3) is 5.91 Å². The molecule has 1 saturated heterocycles. The van der Waals surface area contributed by atoms with Crippen molar-refractivity contribution in [2.75, 3.05) is 18.1 Å². The van der Waals surface area contributed by atoms with Crippen molar-refractivity contribution in [3.05, 3.63) is 47.7 Å². The van der Waals surface area contributed by atoms with Crippen molar-refractivity contribution >= 4 is 17.4 Å². The minimum absolute atomic E-state index is 0.227. The summed E-state index contributed by atoms with van der Waals surface area (Å²) in [7, 11) is 0. The van der Waals surface area contributed by atoms with Gasteiger partial charge in [0.15, 0.2) is 11.3 Å². The average molecular weight is 394 g/mol. The van der Waals surface area contributed by atoms with Crippen molar-refractivity contribution in [1.82, 2.24) is 24.9 Å². The molecule has 29 heavy (non-hydrogen) atoms. The maximum Gasteiger partial charge on any atom is 0.271 e. The Morgan fingerprint density at radius 3 is 3.07 bits per heavy atom. The zero-order chi connectivity index (χ0) is 19.8. The smallest absolute Gasteiger partial charge is 0.271 e. The zero-order valence-corrected chi connectivity index (χ0v) is 15.8. The molecule has 3 aromatic rings. The molecule has 2 fully saturated rings. The molecule has 1 saturated carbocycles. The van der Waals surface area contributed by atoms with Crippen LogP contribution in [0.3, 0.4) is 0 Å². The van der Waals surface area contributed by atoms with Crippen LogP contribution >= 0.6 is 0 Å². The highest BCUT2D eigenvalue weighted by atomic mass is 19.1. The minimum atomic E-state index is -0.384. The number of carbonyl (C=O) groups is 1. The molecule has 148 valence electrons. The van der Waals surface area contributed by atoms with Gasteiger partial charge >= 0.3 is 0 Å². The first-order valence-electron chi connectivity index (χ1n) is 9.78. The number of nitrogens with one attached hydrogen (secondary N) is 1. The lowest BCUT2D eigenvalue weighted by Crippen LogP contribution is -2.37. The molecule has 8 nitrogen and oxygen atoms in total. The lowest BCUT2D eigenvalue weighted by Gasteiger charge is -2.30. The standard InChI is InChI=1S/C20H19FN6O2/c1-11-10-29-19-14(6-13(21)8-23-19)20-7-12(20)4-5-26(20)17-3-2-16-22-9-15(18(28)24-11)27(16)25-17/h2-3,6,8-9,11-12H,4-5,7,10H2,1H3,(H,24,28)/t11-,12?,20?/m1/s1. The van der Waals surface area contributed by atoms with Crippen molar-refractivity contribution in [2.24, 2.45) is 5.92 Å². The molecule has 3 aromatic heterocycles. The van der Waals surface area contributed by atoms with Gasteiger partial charge in [0.05, 0.1) is 24.0 Å². The number of fused-ring (bicyclic) bond motifs is 3. The fraction of sp³-hybridized carbons (Fsp3) is 0.400. The maximum absolute atomic E-state index is 14.2. The topological polar surface area (TPSA) is 84.7 Å². The molecule has 1 aliphatic carbocycles. The Balaban J connectivity index is 1.57. The van der Waals surface area contributed by atoms with E-state index in [2.05, 4.69) is 20.2 Å². The fourth-order valence-corrected chi connectivity index (χ4v) is 4.82. The van der Waals surface area contributed by atoms with Crippen LogP contribution in [-0.2, 0) is 5.54 Å². The normalized spacial score (nSPS) is 27.8. The first kappa shape index (κ1) is 16.7. The van der Waals surface area contributed by atoms with Crippen LogP contribution in [0.4, 0.5) is 10.2 Å². The summed E-state index contributed by atoms with van der Waals surface area (Å²) in [6.07, 6.45) is 4.59. The second-order valence-corrected chi connectivity index (χ2v) is 8.06. The number of piperidine rings is 1. The van der Waals surface area contributed by atoms with E-state index in [1.807, 2.05) is 19.1 Å². The van der Waals surface area contributed by atoms with E-state index in [-0.39, 0.29) is 29.9 Å². The summed E-state index contributed by atoms with van der Waals surface area (Å²) >= 11 is 0. The van der Waals surface area contributed by atoms with Gasteiger partial charge in [-0.25, -0.2) is 18.9 Å². The van der Waals surface area contributed by atoms with Gasteiger partial charge in [-0.1, -0.05) is 0 Å². The van der Waals surface area contributed by atoms with Crippen LogP contribution in [0.5, 0.6) is 5.88 Å². The Morgan fingerprint density at radius 1 is 1.31 bits per heavy atom. The number of hydrogen-bond acceptors (Lipinski definition) is 6. The average Bonchev–Trinajstić information content (AvgIpc) is 3.09. The number of amides is 1. The van der Waals surface area contributed by atoms with Crippen LogP contribution in [0.1, 0.15) is 35.8 Å². The number of pyridine rings is 1. The number of hydrogen-bond donors (Lipinski definition) is 1. The number of imidazole rings is 1. The Bertz CT molecular complexity index is 1160. The molecule has 0 aromatic carbocycles. The van der Waals surface area contributed by atoms with Crippen LogP contribution in [0.2, 0.25) is 0 Å². The summed E-state index contributed by atoms with van der Waals surface area (Å²) in [5, 5.41) is 7.64. The molecule has 1 spiro atoms. The zero-order valence-electron chi connectivity index (χ0n) is 15.8. The fourth-order valence-electron chi connectivity index (χ4n) is 4.82. The van der Waals surface area contributed by atoms with Crippen LogP contribution in [0.15, 0.2) is 30.6 Å². The van der Waals surface area contributed by atoms with E-state index in [4.69, 9.17) is 9.84 Å². The van der Waals surface area contributed by atoms with Gasteiger partial charge in [-0.3, -0.25) is 4.79 Å². The SMILES string of the molecule is C[C@@H]1COc2ncc(F)cc2C23CC2CCN3c2ccc3ncc(n3n2)C(=O)N1. The van der Waals surface area contributed by atoms with Gasteiger partial charge in [-0.05, 0) is 43.9 Å². The van der Waals surface area contributed by atoms with Gasteiger partial charge < -0.3 is 15.0 Å². The van der Waals surface area contributed by atoms with E-state index in [9.17, 15) is 9.18 Å². The Kier molecular flexibility index (Phi) is 3.25. The number of anilines is 1. The molecule has 1 amide bonds. The first-order valence-corrected chi connectivity index (χ1v) is 9.78. The molecule has 1 N–H and O–H groups in total. The van der Waals surface area contributed by atoms with E-state index < -0.39 is 0 Å². The third kappa shape index (κ3) is 2.30. The van der Waals surface area contributed by atoms with Gasteiger partial charge in [-0.2, -0.15) is 0 Å². The van der Waals surface area contributed by atoms with Crippen LogP contribution in [-0.4, -0.2) is 44.7 Å². The van der Waals surface area contributed by atoms with E-state index in [1.165, 1.54) is 18.5 Å². The summed E-state index contributed by atoms with van der Waals surface area (Å²) in [6.45, 7) is 2.87. The minimum Gasteiger partial charge on any atom is -0.475 e. The van der Waals surface area contributed by atoms with Crippen LogP contribution < -0.4 is 15.0 Å². The van der Waals surface area contributed by atoms with Gasteiger partial charge in [-0.15, -0.1) is 5.10 Å². The number of carbonyl (C=O) groups excluding carboxylic acids is 1. The van der Waals surface area contributed by atoms with Crippen molar-refractivity contribution in [2.45, 2.75) is 31.3 Å². The number of halogens is 1. The van der Waals surface area contributed by atoms with Gasteiger partial charge in [0, 0.05) is 12.1 Å². The highest BCUT2D eigenvalue weighted by molar-refractivity contribution is 5.93. The molecule has 6 rings (SSSR count). The Hall–Kier alpha value is -3.23. The molecule has 2 unspecified atom stereocenters. The molecule has 2 bridgehead atoms. The second kappa shape index (κ2) is 5.65. The number of aromatic nitrogens is 4. The summed E-state index contributed by atoms with van der Waals surface area (Å²) in [5.74, 6) is 0.890. The molecule has 3 aliphatic rings. The van der Waals surface area contributed by atoms with Crippen molar-refractivity contribution in [3.8, 4) is 5.88 Å². The molecule has 2 aliphatic heterocycles. The maximum atomic E-state index is 14.2. The van der Waals surface area contributed by atoms with Crippen molar-refractivity contribution in [1.29, 1.82) is 0 Å². The highest BCUT2D eigenvalue weighted by Crippen LogP contribution is 2.64. The predicted molar refractivity (Wildman–Crippen MR) is 101 cm³/mol. The van der Waals surface area contributed by atoms with Crippen LogP contribution in [0.25, 0.3) is 5.65 Å². The summed E-state index contributed by atoms with van der Waals surface area (Å²) in [5.41, 5.74) is 1.35. The summed E-state index contributed by atoms with van der Waals surface area (Å²) in [6, 6.07) is 5.02. The predicted octanol–water partition coefficient (Wildman–Crippen LogP) is 1.90. The molecule has 0 radical (unpaired) electrons. The summed E-state index contributed by atoms with van der Waals surface area (Å²) in [4.78, 5) is 23.5. The quantitative estimate of drug-likeness (QED) is 0.627. The van der Waals surface area contributed by atoms with Crippen molar-refractivity contribution < 1.29 is 13.9 Å². The summed E-state index contributed by atoms with van der Waals surface area (Å²) < 4.78 is 21.7. The van der Waals surface area contributed by atoms with Crippen LogP contribution in [0, 0.1) is 11.7 Å². The lowest BCUT2D eigenvalue weighted by atomic mass is 10.0.